The SMILES string of the molecule is CCCC(=CC(F)Br)CC. The van der Waals surface area contributed by atoms with Gasteiger partial charge in [0.05, 0.1) is 0 Å². The Morgan fingerprint density at radius 3 is 2.50 bits per heavy atom. The van der Waals surface area contributed by atoms with E-state index in [2.05, 4.69) is 29.8 Å². The van der Waals surface area contributed by atoms with E-state index < -0.39 is 5.08 Å². The summed E-state index contributed by atoms with van der Waals surface area (Å²) in [4.78, 5) is 0. The molecule has 0 saturated heterocycles. The van der Waals surface area contributed by atoms with Crippen LogP contribution in [0.15, 0.2) is 11.6 Å². The molecule has 0 aromatic rings. The molecule has 0 rings (SSSR count). The Bertz CT molecular complexity index is 108. The predicted molar refractivity (Wildman–Crippen MR) is 47.1 cm³/mol. The third-order valence-corrected chi connectivity index (χ3v) is 1.65. The zero-order valence-corrected chi connectivity index (χ0v) is 8.12. The van der Waals surface area contributed by atoms with Crippen molar-refractivity contribution in [2.24, 2.45) is 0 Å². The quantitative estimate of drug-likeness (QED) is 0.487. The molecule has 0 radical (unpaired) electrons. The van der Waals surface area contributed by atoms with Crippen LogP contribution in [0.5, 0.6) is 0 Å². The Morgan fingerprint density at radius 2 is 2.20 bits per heavy atom. The van der Waals surface area contributed by atoms with Crippen molar-refractivity contribution in [1.29, 1.82) is 0 Å². The Labute approximate surface area is 70.6 Å². The van der Waals surface area contributed by atoms with Gasteiger partial charge in [0.25, 0.3) is 0 Å². The minimum atomic E-state index is -0.964. The van der Waals surface area contributed by atoms with E-state index in [9.17, 15) is 4.39 Å². The first-order valence-corrected chi connectivity index (χ1v) is 4.60. The third-order valence-electron chi connectivity index (χ3n) is 1.39. The minimum absolute atomic E-state index is 0.958. The van der Waals surface area contributed by atoms with Crippen LogP contribution in [0.3, 0.4) is 0 Å². The normalized spacial score (nSPS) is 15.4. The second-order valence-corrected chi connectivity index (χ2v) is 3.14. The lowest BCUT2D eigenvalue weighted by atomic mass is 10.1. The fourth-order valence-electron chi connectivity index (χ4n) is 0.877. The van der Waals surface area contributed by atoms with Crippen LogP contribution in [0.1, 0.15) is 33.1 Å². The molecule has 0 saturated carbocycles. The Hall–Kier alpha value is 0.150. The second kappa shape index (κ2) is 5.90. The van der Waals surface area contributed by atoms with Crippen LogP contribution >= 0.6 is 15.9 Å². The predicted octanol–water partition coefficient (Wildman–Crippen LogP) is 3.81. The first-order chi connectivity index (χ1) is 4.70. The van der Waals surface area contributed by atoms with Gasteiger partial charge in [-0.3, -0.25) is 0 Å². The molecule has 0 aliphatic carbocycles. The van der Waals surface area contributed by atoms with Gasteiger partial charge >= 0.3 is 0 Å². The molecular weight excluding hydrogens is 195 g/mol. The van der Waals surface area contributed by atoms with Crippen LogP contribution in [0.25, 0.3) is 0 Å². The maximum absolute atomic E-state index is 12.3. The first kappa shape index (κ1) is 10.2. The van der Waals surface area contributed by atoms with Gasteiger partial charge in [0.2, 0.25) is 0 Å². The van der Waals surface area contributed by atoms with E-state index in [4.69, 9.17) is 0 Å². The molecule has 0 nitrogen and oxygen atoms in total. The van der Waals surface area contributed by atoms with Crippen molar-refractivity contribution < 1.29 is 4.39 Å². The lowest BCUT2D eigenvalue weighted by Gasteiger charge is -2.01. The molecule has 0 amide bonds. The molecular formula is C8H14BrF. The van der Waals surface area contributed by atoms with Crippen molar-refractivity contribution in [3.63, 3.8) is 0 Å². The van der Waals surface area contributed by atoms with E-state index in [-0.39, 0.29) is 0 Å². The monoisotopic (exact) mass is 208 g/mol. The van der Waals surface area contributed by atoms with Gasteiger partial charge in [-0.25, -0.2) is 4.39 Å². The standard InChI is InChI=1S/C8H14BrF/c1-3-5-7(4-2)6-8(9)10/h6,8H,3-5H2,1-2H3. The number of rotatable bonds is 4. The van der Waals surface area contributed by atoms with E-state index in [0.29, 0.717) is 0 Å². The van der Waals surface area contributed by atoms with E-state index in [0.717, 1.165) is 19.3 Å². The van der Waals surface area contributed by atoms with E-state index in [1.807, 2.05) is 0 Å². The van der Waals surface area contributed by atoms with Gasteiger partial charge < -0.3 is 0 Å². The number of hydrogen-bond donors (Lipinski definition) is 0. The van der Waals surface area contributed by atoms with Crippen LogP contribution in [-0.2, 0) is 0 Å². The summed E-state index contributed by atoms with van der Waals surface area (Å²) in [6, 6.07) is 0. The summed E-state index contributed by atoms with van der Waals surface area (Å²) in [6.45, 7) is 4.15. The highest BCUT2D eigenvalue weighted by Crippen LogP contribution is 2.13. The fraction of sp³-hybridized carbons (Fsp3) is 0.750. The molecule has 0 fully saturated rings. The Kier molecular flexibility index (Phi) is 5.99. The third kappa shape index (κ3) is 4.98. The number of allylic oxidation sites excluding steroid dienone is 2. The summed E-state index contributed by atoms with van der Waals surface area (Å²) in [5, 5.41) is -0.964. The summed E-state index contributed by atoms with van der Waals surface area (Å²) >= 11 is 2.84. The van der Waals surface area contributed by atoms with Gasteiger partial charge in [-0.15, -0.1) is 0 Å². The molecule has 0 aliphatic heterocycles. The lowest BCUT2D eigenvalue weighted by Crippen LogP contribution is -1.86. The highest BCUT2D eigenvalue weighted by molar-refractivity contribution is 9.09. The molecule has 0 aromatic carbocycles. The summed E-state index contributed by atoms with van der Waals surface area (Å²) in [6.07, 6.45) is 4.71. The van der Waals surface area contributed by atoms with E-state index in [1.165, 1.54) is 5.57 Å². The maximum Gasteiger partial charge on any atom is 0.173 e. The highest BCUT2D eigenvalue weighted by atomic mass is 79.9. The largest absolute Gasteiger partial charge is 0.230 e. The molecule has 1 unspecified atom stereocenters. The first-order valence-electron chi connectivity index (χ1n) is 3.68. The van der Waals surface area contributed by atoms with Crippen molar-refractivity contribution in [3.8, 4) is 0 Å². The summed E-state index contributed by atoms with van der Waals surface area (Å²) in [5.41, 5.74) is 1.20. The number of hydrogen-bond acceptors (Lipinski definition) is 0. The van der Waals surface area contributed by atoms with E-state index in [1.54, 1.807) is 6.08 Å². The molecule has 10 heavy (non-hydrogen) atoms. The number of halogens is 2. The van der Waals surface area contributed by atoms with Gasteiger partial charge in [0, 0.05) is 0 Å². The fourth-order valence-corrected chi connectivity index (χ4v) is 1.25. The molecule has 0 aliphatic rings. The summed E-state index contributed by atoms with van der Waals surface area (Å²) < 4.78 is 12.3. The molecule has 0 N–H and O–H groups in total. The molecule has 1 atom stereocenters. The smallest absolute Gasteiger partial charge is 0.173 e. The molecule has 0 spiro atoms. The minimum Gasteiger partial charge on any atom is -0.230 e. The maximum atomic E-state index is 12.3. The van der Waals surface area contributed by atoms with Crippen LogP contribution in [0.2, 0.25) is 0 Å². The van der Waals surface area contributed by atoms with Crippen molar-refractivity contribution in [3.05, 3.63) is 11.6 Å². The van der Waals surface area contributed by atoms with Gasteiger partial charge in [-0.1, -0.05) is 25.8 Å². The van der Waals surface area contributed by atoms with Crippen LogP contribution in [0, 0.1) is 0 Å². The molecule has 60 valence electrons. The average molecular weight is 209 g/mol. The zero-order valence-electron chi connectivity index (χ0n) is 6.53. The van der Waals surface area contributed by atoms with Gasteiger partial charge in [-0.2, -0.15) is 0 Å². The molecule has 0 aromatic heterocycles. The lowest BCUT2D eigenvalue weighted by molar-refractivity contribution is 0.525. The summed E-state index contributed by atoms with van der Waals surface area (Å²) in [5.74, 6) is 0. The second-order valence-electron chi connectivity index (χ2n) is 2.26. The van der Waals surface area contributed by atoms with E-state index >= 15 is 0 Å². The van der Waals surface area contributed by atoms with Crippen molar-refractivity contribution in [2.45, 2.75) is 38.2 Å². The number of alkyl halides is 2. The molecule has 2 heteroatoms. The average Bonchev–Trinajstić information content (AvgIpc) is 1.86. The van der Waals surface area contributed by atoms with Crippen molar-refractivity contribution >= 4 is 15.9 Å². The van der Waals surface area contributed by atoms with Crippen molar-refractivity contribution in [2.75, 3.05) is 0 Å². The van der Waals surface area contributed by atoms with Crippen molar-refractivity contribution in [1.82, 2.24) is 0 Å². The Morgan fingerprint density at radius 1 is 1.60 bits per heavy atom. The van der Waals surface area contributed by atoms with Gasteiger partial charge in [-0.05, 0) is 34.8 Å². The Balaban J connectivity index is 3.78. The van der Waals surface area contributed by atoms with Crippen LogP contribution in [-0.4, -0.2) is 5.08 Å². The molecule has 0 bridgehead atoms. The van der Waals surface area contributed by atoms with Crippen LogP contribution < -0.4 is 0 Å². The topological polar surface area (TPSA) is 0 Å². The summed E-state index contributed by atoms with van der Waals surface area (Å²) in [7, 11) is 0. The van der Waals surface area contributed by atoms with Gasteiger partial charge in [0.1, 0.15) is 0 Å². The van der Waals surface area contributed by atoms with Crippen LogP contribution in [0.4, 0.5) is 4.39 Å². The molecule has 0 heterocycles. The van der Waals surface area contributed by atoms with Gasteiger partial charge in [0.15, 0.2) is 5.08 Å². The zero-order chi connectivity index (χ0) is 7.98. The highest BCUT2D eigenvalue weighted by Gasteiger charge is 1.97.